The number of pyridine rings is 1. The smallest absolute Gasteiger partial charge is 0.259 e. The molecule has 0 fully saturated rings. The standard InChI is InChI=1S/C17H14N2O3/c1-10-4-7-14(20)13(9-10)19-17(22)12-6-5-11-3-2-8-18-15(11)16(12)21/h2-9,20-21H,1H3,(H,19,22). The van der Waals surface area contributed by atoms with Gasteiger partial charge < -0.3 is 15.5 Å². The van der Waals surface area contributed by atoms with Crippen molar-refractivity contribution < 1.29 is 15.0 Å². The van der Waals surface area contributed by atoms with Crippen molar-refractivity contribution in [1.29, 1.82) is 0 Å². The van der Waals surface area contributed by atoms with E-state index in [2.05, 4.69) is 10.3 Å². The molecule has 0 unspecified atom stereocenters. The topological polar surface area (TPSA) is 82.5 Å². The van der Waals surface area contributed by atoms with Crippen LogP contribution in [0.3, 0.4) is 0 Å². The van der Waals surface area contributed by atoms with Gasteiger partial charge in [-0.15, -0.1) is 0 Å². The van der Waals surface area contributed by atoms with E-state index in [4.69, 9.17) is 0 Å². The molecule has 3 N–H and O–H groups in total. The maximum atomic E-state index is 12.3. The second kappa shape index (κ2) is 5.37. The van der Waals surface area contributed by atoms with Gasteiger partial charge in [-0.3, -0.25) is 9.78 Å². The Hall–Kier alpha value is -3.08. The highest BCUT2D eigenvalue weighted by atomic mass is 16.3. The number of carbonyl (C=O) groups excluding carboxylic acids is 1. The molecule has 3 aromatic rings. The van der Waals surface area contributed by atoms with Crippen molar-refractivity contribution >= 4 is 22.5 Å². The number of hydrogen-bond donors (Lipinski definition) is 3. The minimum absolute atomic E-state index is 0.0302. The monoisotopic (exact) mass is 294 g/mol. The number of phenols is 2. The van der Waals surface area contributed by atoms with E-state index in [0.717, 1.165) is 10.9 Å². The van der Waals surface area contributed by atoms with Crippen molar-refractivity contribution in [3.63, 3.8) is 0 Å². The van der Waals surface area contributed by atoms with E-state index in [9.17, 15) is 15.0 Å². The Bertz CT molecular complexity index is 875. The molecule has 5 heteroatoms. The minimum atomic E-state index is -0.508. The van der Waals surface area contributed by atoms with Crippen molar-refractivity contribution in [3.8, 4) is 11.5 Å². The summed E-state index contributed by atoms with van der Waals surface area (Å²) in [5.41, 5.74) is 1.67. The summed E-state index contributed by atoms with van der Waals surface area (Å²) in [4.78, 5) is 16.4. The number of amides is 1. The molecule has 0 aliphatic carbocycles. The lowest BCUT2D eigenvalue weighted by molar-refractivity contribution is 0.102. The fraction of sp³-hybridized carbons (Fsp3) is 0.0588. The Balaban J connectivity index is 1.99. The SMILES string of the molecule is Cc1ccc(O)c(NC(=O)c2ccc3cccnc3c2O)c1. The summed E-state index contributed by atoms with van der Waals surface area (Å²) in [6.07, 6.45) is 1.55. The number of hydrogen-bond acceptors (Lipinski definition) is 4. The number of aromatic hydroxyl groups is 2. The van der Waals surface area contributed by atoms with Crippen LogP contribution in [0.25, 0.3) is 10.9 Å². The van der Waals surface area contributed by atoms with E-state index in [1.807, 2.05) is 6.92 Å². The van der Waals surface area contributed by atoms with Crippen molar-refractivity contribution in [1.82, 2.24) is 4.98 Å². The van der Waals surface area contributed by atoms with Gasteiger partial charge in [-0.25, -0.2) is 0 Å². The van der Waals surface area contributed by atoms with E-state index in [1.165, 1.54) is 12.1 Å². The first-order valence-electron chi connectivity index (χ1n) is 6.74. The van der Waals surface area contributed by atoms with Gasteiger partial charge in [0.25, 0.3) is 5.91 Å². The molecule has 0 spiro atoms. The maximum Gasteiger partial charge on any atom is 0.259 e. The van der Waals surface area contributed by atoms with Crippen molar-refractivity contribution in [2.75, 3.05) is 5.32 Å². The number of rotatable bonds is 2. The van der Waals surface area contributed by atoms with Crippen LogP contribution in [0.4, 0.5) is 5.69 Å². The van der Waals surface area contributed by atoms with Crippen LogP contribution in [-0.4, -0.2) is 21.1 Å². The van der Waals surface area contributed by atoms with Crippen LogP contribution in [0.2, 0.25) is 0 Å². The molecular formula is C17H14N2O3. The molecule has 0 aliphatic heterocycles. The third kappa shape index (κ3) is 2.44. The zero-order chi connectivity index (χ0) is 15.7. The van der Waals surface area contributed by atoms with E-state index in [-0.39, 0.29) is 17.1 Å². The summed E-state index contributed by atoms with van der Waals surface area (Å²) in [5.74, 6) is -0.717. The van der Waals surface area contributed by atoms with Gasteiger partial charge >= 0.3 is 0 Å². The molecule has 3 rings (SSSR count). The molecule has 5 nitrogen and oxygen atoms in total. The van der Waals surface area contributed by atoms with Crippen molar-refractivity contribution in [3.05, 3.63) is 59.8 Å². The third-order valence-corrected chi connectivity index (χ3v) is 3.39. The van der Waals surface area contributed by atoms with E-state index < -0.39 is 5.91 Å². The normalized spacial score (nSPS) is 10.6. The molecule has 0 saturated heterocycles. The van der Waals surface area contributed by atoms with Crippen LogP contribution in [-0.2, 0) is 0 Å². The van der Waals surface area contributed by atoms with Gasteiger partial charge in [-0.05, 0) is 36.8 Å². The van der Waals surface area contributed by atoms with Gasteiger partial charge in [-0.1, -0.05) is 18.2 Å². The Morgan fingerprint density at radius 1 is 1.14 bits per heavy atom. The number of phenolic OH excluding ortho intramolecular Hbond substituents is 2. The van der Waals surface area contributed by atoms with Crippen molar-refractivity contribution in [2.45, 2.75) is 6.92 Å². The first-order chi connectivity index (χ1) is 10.6. The lowest BCUT2D eigenvalue weighted by Gasteiger charge is -2.10. The summed E-state index contributed by atoms with van der Waals surface area (Å²) >= 11 is 0. The van der Waals surface area contributed by atoms with Crippen LogP contribution in [0.1, 0.15) is 15.9 Å². The van der Waals surface area contributed by atoms with Crippen LogP contribution < -0.4 is 5.32 Å². The number of benzene rings is 2. The highest BCUT2D eigenvalue weighted by molar-refractivity contribution is 6.09. The Labute approximate surface area is 126 Å². The maximum absolute atomic E-state index is 12.3. The minimum Gasteiger partial charge on any atom is -0.506 e. The summed E-state index contributed by atoms with van der Waals surface area (Å²) in [6.45, 7) is 1.85. The summed E-state index contributed by atoms with van der Waals surface area (Å²) in [6, 6.07) is 11.7. The predicted molar refractivity (Wildman–Crippen MR) is 84.2 cm³/mol. The van der Waals surface area contributed by atoms with Gasteiger partial charge in [0.1, 0.15) is 11.3 Å². The highest BCUT2D eigenvalue weighted by Gasteiger charge is 2.16. The lowest BCUT2D eigenvalue weighted by Crippen LogP contribution is -2.12. The number of aryl methyl sites for hydroxylation is 1. The largest absolute Gasteiger partial charge is 0.506 e. The predicted octanol–water partition coefficient (Wildman–Crippen LogP) is 3.21. The van der Waals surface area contributed by atoms with Crippen LogP contribution in [0, 0.1) is 6.92 Å². The van der Waals surface area contributed by atoms with Gasteiger partial charge in [0.15, 0.2) is 5.75 Å². The summed E-state index contributed by atoms with van der Waals surface area (Å²) in [7, 11) is 0. The van der Waals surface area contributed by atoms with Gasteiger partial charge in [-0.2, -0.15) is 0 Å². The molecule has 2 aromatic carbocycles. The third-order valence-electron chi connectivity index (χ3n) is 3.39. The zero-order valence-corrected chi connectivity index (χ0v) is 11.9. The molecule has 0 atom stereocenters. The second-order valence-corrected chi connectivity index (χ2v) is 5.01. The molecule has 110 valence electrons. The first kappa shape index (κ1) is 13.9. The number of aromatic nitrogens is 1. The Kier molecular flexibility index (Phi) is 3.39. The van der Waals surface area contributed by atoms with Crippen molar-refractivity contribution in [2.24, 2.45) is 0 Å². The second-order valence-electron chi connectivity index (χ2n) is 5.01. The molecule has 0 saturated carbocycles. The Morgan fingerprint density at radius 3 is 2.77 bits per heavy atom. The average molecular weight is 294 g/mol. The number of nitrogens with zero attached hydrogens (tertiary/aromatic N) is 1. The van der Waals surface area contributed by atoms with E-state index in [1.54, 1.807) is 36.5 Å². The van der Waals surface area contributed by atoms with E-state index >= 15 is 0 Å². The quantitative estimate of drug-likeness (QED) is 0.634. The molecule has 0 bridgehead atoms. The number of nitrogens with one attached hydrogen (secondary N) is 1. The zero-order valence-electron chi connectivity index (χ0n) is 11.9. The molecule has 1 amide bonds. The lowest BCUT2D eigenvalue weighted by atomic mass is 10.1. The molecule has 22 heavy (non-hydrogen) atoms. The Morgan fingerprint density at radius 2 is 1.95 bits per heavy atom. The number of fused-ring (bicyclic) bond motifs is 1. The molecule has 0 radical (unpaired) electrons. The molecule has 1 aromatic heterocycles. The highest BCUT2D eigenvalue weighted by Crippen LogP contribution is 2.29. The van der Waals surface area contributed by atoms with Crippen LogP contribution in [0.15, 0.2) is 48.7 Å². The molecule has 1 heterocycles. The van der Waals surface area contributed by atoms with Gasteiger partial charge in [0.2, 0.25) is 0 Å². The van der Waals surface area contributed by atoms with Gasteiger partial charge in [0, 0.05) is 11.6 Å². The van der Waals surface area contributed by atoms with Crippen LogP contribution in [0.5, 0.6) is 11.5 Å². The average Bonchev–Trinajstić information content (AvgIpc) is 2.51. The first-order valence-corrected chi connectivity index (χ1v) is 6.74. The summed E-state index contributed by atoms with van der Waals surface area (Å²) < 4.78 is 0. The molecule has 0 aliphatic rings. The fourth-order valence-corrected chi connectivity index (χ4v) is 2.25. The fourth-order valence-electron chi connectivity index (χ4n) is 2.25. The number of anilines is 1. The van der Waals surface area contributed by atoms with Gasteiger partial charge in [0.05, 0.1) is 11.3 Å². The van der Waals surface area contributed by atoms with E-state index in [0.29, 0.717) is 11.2 Å². The summed E-state index contributed by atoms with van der Waals surface area (Å²) in [5, 5.41) is 23.4. The number of carbonyl (C=O) groups is 1. The molecular weight excluding hydrogens is 280 g/mol. The van der Waals surface area contributed by atoms with Crippen LogP contribution >= 0.6 is 0 Å².